The molecule has 1 saturated heterocycles. The Morgan fingerprint density at radius 1 is 1.30 bits per heavy atom. The molecule has 1 aromatic rings. The Morgan fingerprint density at radius 2 is 1.95 bits per heavy atom. The zero-order chi connectivity index (χ0) is 14.7. The van der Waals surface area contributed by atoms with Crippen LogP contribution in [0.5, 0.6) is 5.75 Å². The van der Waals surface area contributed by atoms with Gasteiger partial charge in [-0.3, -0.25) is 14.6 Å². The van der Waals surface area contributed by atoms with Crippen molar-refractivity contribution in [3.05, 3.63) is 29.3 Å². The third kappa shape index (κ3) is 3.49. The van der Waals surface area contributed by atoms with E-state index in [1.807, 2.05) is 24.0 Å². The van der Waals surface area contributed by atoms with Crippen LogP contribution in [0.4, 0.5) is 0 Å². The van der Waals surface area contributed by atoms with Crippen LogP contribution < -0.4 is 0 Å². The highest BCUT2D eigenvalue weighted by molar-refractivity contribution is 5.69. The second-order valence-corrected chi connectivity index (χ2v) is 5.44. The minimum Gasteiger partial charge on any atom is -0.508 e. The SMILES string of the molecule is Cc1ccc(O)c(C(C)N2CCN(CC(=O)O)CC2)c1. The van der Waals surface area contributed by atoms with E-state index in [0.717, 1.165) is 37.3 Å². The number of hydrogen-bond acceptors (Lipinski definition) is 4. The number of rotatable bonds is 4. The summed E-state index contributed by atoms with van der Waals surface area (Å²) >= 11 is 0. The van der Waals surface area contributed by atoms with Crippen molar-refractivity contribution in [1.29, 1.82) is 0 Å². The van der Waals surface area contributed by atoms with Gasteiger partial charge in [0, 0.05) is 37.8 Å². The van der Waals surface area contributed by atoms with Crippen molar-refractivity contribution in [2.24, 2.45) is 0 Å². The van der Waals surface area contributed by atoms with Gasteiger partial charge in [-0.15, -0.1) is 0 Å². The number of benzene rings is 1. The maximum atomic E-state index is 10.7. The van der Waals surface area contributed by atoms with Gasteiger partial charge in [0.05, 0.1) is 6.54 Å². The summed E-state index contributed by atoms with van der Waals surface area (Å²) in [7, 11) is 0. The fourth-order valence-corrected chi connectivity index (χ4v) is 2.71. The van der Waals surface area contributed by atoms with Crippen LogP contribution in [0.15, 0.2) is 18.2 Å². The van der Waals surface area contributed by atoms with Gasteiger partial charge in [-0.25, -0.2) is 0 Å². The lowest BCUT2D eigenvalue weighted by molar-refractivity contribution is -0.138. The number of piperazine rings is 1. The molecule has 1 aliphatic heterocycles. The molecular weight excluding hydrogens is 256 g/mol. The summed E-state index contributed by atoms with van der Waals surface area (Å²) < 4.78 is 0. The molecular formula is C15H22N2O3. The normalized spacial score (nSPS) is 18.9. The number of carboxylic acids is 1. The van der Waals surface area contributed by atoms with Crippen molar-refractivity contribution >= 4 is 5.97 Å². The molecule has 0 radical (unpaired) electrons. The fourth-order valence-electron chi connectivity index (χ4n) is 2.71. The predicted octanol–water partition coefficient (Wildman–Crippen LogP) is 1.46. The average Bonchev–Trinajstić information content (AvgIpc) is 2.41. The number of nitrogens with zero attached hydrogens (tertiary/aromatic N) is 2. The van der Waals surface area contributed by atoms with Crippen LogP contribution in [-0.2, 0) is 4.79 Å². The van der Waals surface area contributed by atoms with Crippen LogP contribution in [0.3, 0.4) is 0 Å². The Kier molecular flexibility index (Phi) is 4.62. The van der Waals surface area contributed by atoms with E-state index in [1.54, 1.807) is 6.07 Å². The van der Waals surface area contributed by atoms with E-state index in [0.29, 0.717) is 5.75 Å². The molecule has 1 aromatic carbocycles. The first-order chi connectivity index (χ1) is 9.47. The highest BCUT2D eigenvalue weighted by atomic mass is 16.4. The van der Waals surface area contributed by atoms with E-state index < -0.39 is 5.97 Å². The monoisotopic (exact) mass is 278 g/mol. The lowest BCUT2D eigenvalue weighted by atomic mass is 10.0. The van der Waals surface area contributed by atoms with Gasteiger partial charge in [0.2, 0.25) is 0 Å². The van der Waals surface area contributed by atoms with Crippen molar-refractivity contribution in [2.75, 3.05) is 32.7 Å². The molecule has 5 heteroatoms. The lowest BCUT2D eigenvalue weighted by Gasteiger charge is -2.37. The third-order valence-corrected chi connectivity index (χ3v) is 3.95. The van der Waals surface area contributed by atoms with E-state index in [-0.39, 0.29) is 12.6 Å². The van der Waals surface area contributed by atoms with E-state index in [1.165, 1.54) is 0 Å². The number of carbonyl (C=O) groups is 1. The summed E-state index contributed by atoms with van der Waals surface area (Å²) in [6.45, 7) is 7.36. The summed E-state index contributed by atoms with van der Waals surface area (Å²) in [6, 6.07) is 5.80. The molecule has 1 heterocycles. The summed E-state index contributed by atoms with van der Waals surface area (Å²) in [5, 5.41) is 18.8. The maximum Gasteiger partial charge on any atom is 0.317 e. The molecule has 1 aliphatic rings. The second-order valence-electron chi connectivity index (χ2n) is 5.44. The number of carboxylic acid groups (broad SMARTS) is 1. The average molecular weight is 278 g/mol. The first-order valence-corrected chi connectivity index (χ1v) is 6.95. The number of aliphatic carboxylic acids is 1. The van der Waals surface area contributed by atoms with E-state index in [4.69, 9.17) is 5.11 Å². The van der Waals surface area contributed by atoms with Gasteiger partial charge in [-0.05, 0) is 19.9 Å². The molecule has 5 nitrogen and oxygen atoms in total. The molecule has 0 amide bonds. The molecule has 1 atom stereocenters. The zero-order valence-electron chi connectivity index (χ0n) is 12.0. The topological polar surface area (TPSA) is 64.0 Å². The van der Waals surface area contributed by atoms with Crippen LogP contribution in [0, 0.1) is 6.92 Å². The second kappa shape index (κ2) is 6.24. The standard InChI is InChI=1S/C15H22N2O3/c1-11-3-4-14(18)13(9-11)12(2)17-7-5-16(6-8-17)10-15(19)20/h3-4,9,12,18H,5-8,10H2,1-2H3,(H,19,20). The number of phenolic OH excluding ortho intramolecular Hbond substituents is 1. The number of aromatic hydroxyl groups is 1. The van der Waals surface area contributed by atoms with Gasteiger partial charge in [-0.1, -0.05) is 17.7 Å². The summed E-state index contributed by atoms with van der Waals surface area (Å²) in [4.78, 5) is 14.9. The van der Waals surface area contributed by atoms with Crippen LogP contribution in [0.2, 0.25) is 0 Å². The molecule has 0 saturated carbocycles. The van der Waals surface area contributed by atoms with Crippen LogP contribution in [0.1, 0.15) is 24.1 Å². The Morgan fingerprint density at radius 3 is 2.55 bits per heavy atom. The number of phenols is 1. The van der Waals surface area contributed by atoms with Crippen LogP contribution >= 0.6 is 0 Å². The molecule has 2 rings (SSSR count). The molecule has 0 spiro atoms. The molecule has 2 N–H and O–H groups in total. The van der Waals surface area contributed by atoms with Gasteiger partial charge < -0.3 is 10.2 Å². The van der Waals surface area contributed by atoms with Gasteiger partial charge >= 0.3 is 5.97 Å². The zero-order valence-corrected chi connectivity index (χ0v) is 12.0. The van der Waals surface area contributed by atoms with Crippen LogP contribution in [0.25, 0.3) is 0 Å². The summed E-state index contributed by atoms with van der Waals surface area (Å²) in [5.74, 6) is -0.445. The molecule has 0 aromatic heterocycles. The number of aryl methyl sites for hydroxylation is 1. The molecule has 0 aliphatic carbocycles. The van der Waals surface area contributed by atoms with Crippen molar-refractivity contribution in [2.45, 2.75) is 19.9 Å². The first-order valence-electron chi connectivity index (χ1n) is 6.95. The quantitative estimate of drug-likeness (QED) is 0.873. The minimum absolute atomic E-state index is 0.109. The van der Waals surface area contributed by atoms with E-state index >= 15 is 0 Å². The molecule has 1 unspecified atom stereocenters. The van der Waals surface area contributed by atoms with Crippen molar-refractivity contribution in [1.82, 2.24) is 9.80 Å². The van der Waals surface area contributed by atoms with E-state index in [2.05, 4.69) is 11.8 Å². The van der Waals surface area contributed by atoms with Crippen molar-refractivity contribution in [3.8, 4) is 5.75 Å². The third-order valence-electron chi connectivity index (χ3n) is 3.95. The Hall–Kier alpha value is -1.59. The van der Waals surface area contributed by atoms with E-state index in [9.17, 15) is 9.90 Å². The van der Waals surface area contributed by atoms with Gasteiger partial charge in [0.15, 0.2) is 0 Å². The largest absolute Gasteiger partial charge is 0.508 e. The van der Waals surface area contributed by atoms with Crippen LogP contribution in [-0.4, -0.2) is 58.7 Å². The first kappa shape index (κ1) is 14.8. The lowest BCUT2D eigenvalue weighted by Crippen LogP contribution is -2.48. The van der Waals surface area contributed by atoms with Gasteiger partial charge in [0.1, 0.15) is 5.75 Å². The summed E-state index contributed by atoms with van der Waals surface area (Å²) in [6.07, 6.45) is 0. The van der Waals surface area contributed by atoms with Gasteiger partial charge in [0.25, 0.3) is 0 Å². The smallest absolute Gasteiger partial charge is 0.317 e. The Bertz CT molecular complexity index is 482. The molecule has 20 heavy (non-hydrogen) atoms. The van der Waals surface area contributed by atoms with Crippen molar-refractivity contribution in [3.63, 3.8) is 0 Å². The molecule has 0 bridgehead atoms. The number of hydrogen-bond donors (Lipinski definition) is 2. The van der Waals surface area contributed by atoms with Crippen molar-refractivity contribution < 1.29 is 15.0 Å². The Balaban J connectivity index is 1.99. The maximum absolute atomic E-state index is 10.7. The summed E-state index contributed by atoms with van der Waals surface area (Å²) in [5.41, 5.74) is 2.07. The van der Waals surface area contributed by atoms with Gasteiger partial charge in [-0.2, -0.15) is 0 Å². The minimum atomic E-state index is -0.775. The highest BCUT2D eigenvalue weighted by Gasteiger charge is 2.24. The molecule has 1 fully saturated rings. The highest BCUT2D eigenvalue weighted by Crippen LogP contribution is 2.29. The fraction of sp³-hybridized carbons (Fsp3) is 0.533. The Labute approximate surface area is 119 Å². The predicted molar refractivity (Wildman–Crippen MR) is 76.9 cm³/mol. The molecule has 110 valence electrons.